The van der Waals surface area contributed by atoms with Crippen molar-refractivity contribution in [3.8, 4) is 56.0 Å². The zero-order valence-corrected chi connectivity index (χ0v) is 34.8. The molecule has 3 heteroatoms. The largest absolute Gasteiger partial charge is 2.00 e. The van der Waals surface area contributed by atoms with Crippen molar-refractivity contribution in [2.75, 3.05) is 0 Å². The minimum Gasteiger partial charge on any atom is -0.507 e. The van der Waals surface area contributed by atoms with E-state index in [9.17, 15) is 10.2 Å². The zero-order chi connectivity index (χ0) is 35.5. The molecule has 0 saturated heterocycles. The Bertz CT molecular complexity index is 2120. The molecular formula is C50H54O2Ti. The molecule has 0 aromatic heterocycles. The molecule has 0 bridgehead atoms. The molecule has 0 unspecified atom stereocenters. The Balaban J connectivity index is 0.000000224. The van der Waals surface area contributed by atoms with Crippen molar-refractivity contribution < 1.29 is 31.9 Å². The molecule has 0 spiro atoms. The van der Waals surface area contributed by atoms with Gasteiger partial charge in [0.05, 0.1) is 0 Å². The first-order valence-corrected chi connectivity index (χ1v) is 17.8. The van der Waals surface area contributed by atoms with E-state index >= 15 is 0 Å². The number of phenols is 2. The Kier molecular flexibility index (Phi) is 12.1. The maximum Gasteiger partial charge on any atom is 2.00 e. The van der Waals surface area contributed by atoms with Gasteiger partial charge in [0.25, 0.3) is 0 Å². The summed E-state index contributed by atoms with van der Waals surface area (Å²) in [6, 6.07) is 38.8. The number of aryl methyl sites for hydroxylation is 2. The molecule has 0 aliphatic heterocycles. The average molecular weight is 735 g/mol. The van der Waals surface area contributed by atoms with Gasteiger partial charge in [-0.2, -0.15) is 0 Å². The fourth-order valence-electron chi connectivity index (χ4n) is 7.77. The molecule has 8 rings (SSSR count). The topological polar surface area (TPSA) is 40.5 Å². The van der Waals surface area contributed by atoms with Crippen molar-refractivity contribution in [1.29, 1.82) is 0 Å². The minimum absolute atomic E-state index is 0. The number of rotatable bonds is 2. The first kappa shape index (κ1) is 41.4. The van der Waals surface area contributed by atoms with Crippen LogP contribution in [-0.2, 0) is 45.4 Å². The standard InChI is InChI=1S/2C24H24O.2CH3.Ti/c2*1-15-11-21(23(25)22(12-15)24(2,3)4)17-9-10-20-18(14-17)13-16-7-5-6-8-19(16)20;;;/h2*5-12,14,25H,13H2,1-4H3;2*1H3;/q;;2*-1;+2. The van der Waals surface area contributed by atoms with Gasteiger partial charge < -0.3 is 25.1 Å². The molecular weight excluding hydrogens is 680 g/mol. The molecule has 2 aliphatic carbocycles. The van der Waals surface area contributed by atoms with Crippen LogP contribution in [0.3, 0.4) is 0 Å². The average Bonchev–Trinajstić information content (AvgIpc) is 3.63. The van der Waals surface area contributed by atoms with Gasteiger partial charge in [0.15, 0.2) is 0 Å². The number of phenolic OH excluding ortho intramolecular Hbond substituents is 2. The third-order valence-electron chi connectivity index (χ3n) is 10.3. The van der Waals surface area contributed by atoms with Crippen molar-refractivity contribution >= 4 is 0 Å². The van der Waals surface area contributed by atoms with Crippen LogP contribution in [0, 0.1) is 28.7 Å². The Morgan fingerprint density at radius 2 is 0.755 bits per heavy atom. The Morgan fingerprint density at radius 1 is 0.415 bits per heavy atom. The fourth-order valence-corrected chi connectivity index (χ4v) is 7.77. The number of benzene rings is 6. The summed E-state index contributed by atoms with van der Waals surface area (Å²) in [6.45, 7) is 17.1. The third kappa shape index (κ3) is 7.96. The van der Waals surface area contributed by atoms with Crippen molar-refractivity contribution in [3.05, 3.63) is 169 Å². The first-order chi connectivity index (χ1) is 23.7. The van der Waals surface area contributed by atoms with E-state index in [4.69, 9.17) is 0 Å². The van der Waals surface area contributed by atoms with Gasteiger partial charge in [-0.25, -0.2) is 0 Å². The summed E-state index contributed by atoms with van der Waals surface area (Å²) in [5, 5.41) is 21.8. The quantitative estimate of drug-likeness (QED) is 0.137. The van der Waals surface area contributed by atoms with Crippen LogP contribution >= 0.6 is 0 Å². The monoisotopic (exact) mass is 734 g/mol. The van der Waals surface area contributed by atoms with Gasteiger partial charge in [0.1, 0.15) is 11.5 Å². The first-order valence-electron chi connectivity index (χ1n) is 17.8. The van der Waals surface area contributed by atoms with Crippen molar-refractivity contribution in [1.82, 2.24) is 0 Å². The van der Waals surface area contributed by atoms with E-state index in [1.807, 2.05) is 0 Å². The second kappa shape index (κ2) is 15.5. The van der Waals surface area contributed by atoms with E-state index in [0.717, 1.165) is 46.2 Å². The molecule has 2 aliphatic rings. The van der Waals surface area contributed by atoms with Gasteiger partial charge in [0, 0.05) is 22.3 Å². The summed E-state index contributed by atoms with van der Waals surface area (Å²) in [5.74, 6) is 0.821. The number of aromatic hydroxyl groups is 2. The normalized spacial score (nSPS) is 12.1. The van der Waals surface area contributed by atoms with Crippen LogP contribution in [0.4, 0.5) is 0 Å². The molecule has 0 atom stereocenters. The van der Waals surface area contributed by atoms with Gasteiger partial charge in [-0.15, -0.1) is 0 Å². The zero-order valence-electron chi connectivity index (χ0n) is 33.2. The van der Waals surface area contributed by atoms with Crippen molar-refractivity contribution in [2.24, 2.45) is 0 Å². The molecule has 0 saturated carbocycles. The third-order valence-corrected chi connectivity index (χ3v) is 10.3. The Labute approximate surface area is 333 Å². The summed E-state index contributed by atoms with van der Waals surface area (Å²) in [6.07, 6.45) is 1.94. The molecule has 6 aromatic carbocycles. The fraction of sp³-hybridized carbons (Fsp3) is 0.240. The number of fused-ring (bicyclic) bond motifs is 6. The molecule has 0 amide bonds. The van der Waals surface area contributed by atoms with Crippen LogP contribution in [0.15, 0.2) is 109 Å². The molecule has 0 fully saturated rings. The van der Waals surface area contributed by atoms with Crippen LogP contribution in [0.1, 0.15) is 86.1 Å². The summed E-state index contributed by atoms with van der Waals surface area (Å²) >= 11 is 0. The minimum atomic E-state index is -0.0855. The molecule has 6 aromatic rings. The summed E-state index contributed by atoms with van der Waals surface area (Å²) in [7, 11) is 0. The second-order valence-corrected chi connectivity index (χ2v) is 16.3. The van der Waals surface area contributed by atoms with Crippen LogP contribution < -0.4 is 0 Å². The molecule has 270 valence electrons. The van der Waals surface area contributed by atoms with Gasteiger partial charge in [-0.05, 0) is 116 Å². The second-order valence-electron chi connectivity index (χ2n) is 16.3. The molecule has 53 heavy (non-hydrogen) atoms. The predicted octanol–water partition coefficient (Wildman–Crippen LogP) is 13.4. The van der Waals surface area contributed by atoms with Crippen LogP contribution in [0.5, 0.6) is 11.5 Å². The van der Waals surface area contributed by atoms with Crippen molar-refractivity contribution in [3.63, 3.8) is 0 Å². The van der Waals surface area contributed by atoms with Gasteiger partial charge in [0.2, 0.25) is 0 Å². The molecule has 0 heterocycles. The Hall–Kier alpha value is -4.37. The summed E-state index contributed by atoms with van der Waals surface area (Å²) < 4.78 is 0. The van der Waals surface area contributed by atoms with E-state index in [0.29, 0.717) is 11.5 Å². The maximum absolute atomic E-state index is 10.9. The van der Waals surface area contributed by atoms with Crippen molar-refractivity contribution in [2.45, 2.75) is 79.1 Å². The predicted molar refractivity (Wildman–Crippen MR) is 223 cm³/mol. The number of hydrogen-bond acceptors (Lipinski definition) is 2. The number of hydrogen-bond donors (Lipinski definition) is 2. The smallest absolute Gasteiger partial charge is 0.507 e. The van der Waals surface area contributed by atoms with E-state index < -0.39 is 0 Å². The van der Waals surface area contributed by atoms with E-state index in [1.54, 1.807) is 0 Å². The van der Waals surface area contributed by atoms with Crippen LogP contribution in [0.25, 0.3) is 44.5 Å². The summed E-state index contributed by atoms with van der Waals surface area (Å²) in [4.78, 5) is 0. The van der Waals surface area contributed by atoms with Gasteiger partial charge >= 0.3 is 21.7 Å². The molecule has 2 nitrogen and oxygen atoms in total. The van der Waals surface area contributed by atoms with Crippen LogP contribution in [-0.4, -0.2) is 10.2 Å². The Morgan fingerprint density at radius 3 is 1.11 bits per heavy atom. The molecule has 0 radical (unpaired) electrons. The van der Waals surface area contributed by atoms with E-state index in [1.165, 1.54) is 55.6 Å². The maximum atomic E-state index is 10.9. The summed E-state index contributed by atoms with van der Waals surface area (Å²) in [5.41, 5.74) is 19.1. The van der Waals surface area contributed by atoms with Crippen LogP contribution in [0.2, 0.25) is 0 Å². The van der Waals surface area contributed by atoms with E-state index in [-0.39, 0.29) is 47.4 Å². The van der Waals surface area contributed by atoms with Gasteiger partial charge in [-0.3, -0.25) is 0 Å². The van der Waals surface area contributed by atoms with E-state index in [2.05, 4.69) is 165 Å². The molecule has 2 N–H and O–H groups in total. The SMILES string of the molecule is Cc1cc(-c2ccc3c(c2)Cc2ccccc2-3)c(O)c(C(C)(C)C)c1.Cc1cc(-c2ccc3c(c2)Cc2ccccc2-3)c(O)c(C(C)(C)C)c1.[CH3-].[CH3-].[Ti+2]. The van der Waals surface area contributed by atoms with Gasteiger partial charge in [-0.1, -0.05) is 139 Å².